The van der Waals surface area contributed by atoms with Gasteiger partial charge in [0.05, 0.1) is 0 Å². The summed E-state index contributed by atoms with van der Waals surface area (Å²) in [5.41, 5.74) is 0.462. The van der Waals surface area contributed by atoms with Gasteiger partial charge in [0.15, 0.2) is 0 Å². The van der Waals surface area contributed by atoms with Crippen LogP contribution in [0.25, 0.3) is 0 Å². The van der Waals surface area contributed by atoms with Crippen LogP contribution in [0.3, 0.4) is 0 Å². The molecule has 2 nitrogen and oxygen atoms in total. The van der Waals surface area contributed by atoms with Crippen molar-refractivity contribution >= 4 is 0 Å². The molecule has 16 heavy (non-hydrogen) atoms. The highest BCUT2D eigenvalue weighted by Crippen LogP contribution is 2.34. The van der Waals surface area contributed by atoms with Gasteiger partial charge in [-0.2, -0.15) is 0 Å². The molecule has 1 aliphatic heterocycles. The number of rotatable bonds is 6. The molecule has 1 heterocycles. The minimum atomic E-state index is 0.462. The third kappa shape index (κ3) is 5.31. The van der Waals surface area contributed by atoms with Crippen molar-refractivity contribution in [2.24, 2.45) is 11.3 Å². The molecule has 0 aliphatic carbocycles. The van der Waals surface area contributed by atoms with Gasteiger partial charge in [0.1, 0.15) is 0 Å². The molecule has 0 amide bonds. The number of nitrogens with one attached hydrogen (secondary N) is 1. The molecule has 1 saturated heterocycles. The number of ether oxygens (including phenoxy) is 1. The fraction of sp³-hybridized carbons (Fsp3) is 1.00. The zero-order chi connectivity index (χ0) is 12.0. The Morgan fingerprint density at radius 2 is 1.94 bits per heavy atom. The van der Waals surface area contributed by atoms with E-state index in [2.05, 4.69) is 33.0 Å². The monoisotopic (exact) mass is 227 g/mol. The first-order chi connectivity index (χ1) is 7.53. The van der Waals surface area contributed by atoms with Crippen LogP contribution >= 0.6 is 0 Å². The van der Waals surface area contributed by atoms with Crippen LogP contribution in [0.15, 0.2) is 0 Å². The molecule has 0 bridgehead atoms. The van der Waals surface area contributed by atoms with E-state index in [-0.39, 0.29) is 0 Å². The average Bonchev–Trinajstić information content (AvgIpc) is 2.17. The van der Waals surface area contributed by atoms with Gasteiger partial charge in [-0.25, -0.2) is 0 Å². The second-order valence-electron chi connectivity index (χ2n) is 6.09. The van der Waals surface area contributed by atoms with Gasteiger partial charge >= 0.3 is 0 Å². The lowest BCUT2D eigenvalue weighted by atomic mass is 9.76. The molecule has 1 unspecified atom stereocenters. The summed E-state index contributed by atoms with van der Waals surface area (Å²) in [6.07, 6.45) is 5.16. The van der Waals surface area contributed by atoms with Gasteiger partial charge < -0.3 is 10.1 Å². The van der Waals surface area contributed by atoms with Gasteiger partial charge in [0, 0.05) is 19.3 Å². The van der Waals surface area contributed by atoms with E-state index >= 15 is 0 Å². The normalized spacial score (nSPS) is 21.0. The summed E-state index contributed by atoms with van der Waals surface area (Å²) in [5, 5.41) is 3.51. The Morgan fingerprint density at radius 1 is 1.31 bits per heavy atom. The van der Waals surface area contributed by atoms with Crippen LogP contribution in [0.5, 0.6) is 0 Å². The van der Waals surface area contributed by atoms with E-state index < -0.39 is 0 Å². The van der Waals surface area contributed by atoms with Crippen molar-refractivity contribution < 1.29 is 4.74 Å². The summed E-state index contributed by atoms with van der Waals surface area (Å²) in [7, 11) is 0. The second-order valence-corrected chi connectivity index (χ2v) is 6.09. The molecule has 0 spiro atoms. The third-order valence-corrected chi connectivity index (χ3v) is 3.59. The Balaban J connectivity index is 2.31. The molecule has 1 fully saturated rings. The summed E-state index contributed by atoms with van der Waals surface area (Å²) in [4.78, 5) is 0. The molecule has 2 heteroatoms. The Bertz CT molecular complexity index is 185. The molecular formula is C14H29NO. The van der Waals surface area contributed by atoms with Gasteiger partial charge in [-0.15, -0.1) is 0 Å². The molecule has 0 saturated carbocycles. The smallest absolute Gasteiger partial charge is 0.0468 e. The van der Waals surface area contributed by atoms with E-state index in [0.717, 1.165) is 25.7 Å². The van der Waals surface area contributed by atoms with Gasteiger partial charge in [0.2, 0.25) is 0 Å². The Morgan fingerprint density at radius 3 is 2.50 bits per heavy atom. The summed E-state index contributed by atoms with van der Waals surface area (Å²) < 4.78 is 5.42. The van der Waals surface area contributed by atoms with Crippen molar-refractivity contribution in [3.63, 3.8) is 0 Å². The first-order valence-corrected chi connectivity index (χ1v) is 6.84. The SMILES string of the molecule is CCNC(C)CC(C)(C)CC1CCOCC1. The Kier molecular flexibility index (Phi) is 5.77. The highest BCUT2D eigenvalue weighted by molar-refractivity contribution is 4.79. The van der Waals surface area contributed by atoms with E-state index in [1.54, 1.807) is 0 Å². The maximum atomic E-state index is 5.42. The standard InChI is InChI=1S/C14H29NO/c1-5-15-12(2)10-14(3,4)11-13-6-8-16-9-7-13/h12-13,15H,5-11H2,1-4H3. The lowest BCUT2D eigenvalue weighted by Crippen LogP contribution is -2.32. The average molecular weight is 227 g/mol. The van der Waals surface area contributed by atoms with Crippen LogP contribution in [-0.2, 0) is 4.74 Å². The van der Waals surface area contributed by atoms with Crippen LogP contribution in [-0.4, -0.2) is 25.8 Å². The fourth-order valence-electron chi connectivity index (χ4n) is 3.06. The molecule has 0 aromatic carbocycles. The minimum absolute atomic E-state index is 0.462. The highest BCUT2D eigenvalue weighted by Gasteiger charge is 2.26. The van der Waals surface area contributed by atoms with E-state index in [0.29, 0.717) is 11.5 Å². The van der Waals surface area contributed by atoms with E-state index in [9.17, 15) is 0 Å². The Hall–Kier alpha value is -0.0800. The molecule has 0 aromatic heterocycles. The van der Waals surface area contributed by atoms with Crippen molar-refractivity contribution in [1.29, 1.82) is 0 Å². The first-order valence-electron chi connectivity index (χ1n) is 6.84. The van der Waals surface area contributed by atoms with Crippen LogP contribution in [0, 0.1) is 11.3 Å². The quantitative estimate of drug-likeness (QED) is 0.752. The van der Waals surface area contributed by atoms with Crippen LogP contribution in [0.1, 0.15) is 53.4 Å². The van der Waals surface area contributed by atoms with Crippen molar-refractivity contribution in [3.8, 4) is 0 Å². The summed E-state index contributed by atoms with van der Waals surface area (Å²) in [6, 6.07) is 0.639. The van der Waals surface area contributed by atoms with Crippen molar-refractivity contribution in [2.45, 2.75) is 59.4 Å². The maximum absolute atomic E-state index is 5.42. The third-order valence-electron chi connectivity index (χ3n) is 3.59. The summed E-state index contributed by atoms with van der Waals surface area (Å²) in [6.45, 7) is 12.3. The molecule has 1 rings (SSSR count). The molecule has 0 aromatic rings. The van der Waals surface area contributed by atoms with Gasteiger partial charge in [-0.1, -0.05) is 20.8 Å². The van der Waals surface area contributed by atoms with Crippen molar-refractivity contribution in [1.82, 2.24) is 5.32 Å². The largest absolute Gasteiger partial charge is 0.381 e. The Labute approximate surface area is 101 Å². The van der Waals surface area contributed by atoms with Gasteiger partial charge in [-0.3, -0.25) is 0 Å². The number of hydrogen-bond acceptors (Lipinski definition) is 2. The lowest BCUT2D eigenvalue weighted by Gasteiger charge is -2.34. The van der Waals surface area contributed by atoms with Crippen molar-refractivity contribution in [3.05, 3.63) is 0 Å². The van der Waals surface area contributed by atoms with Crippen LogP contribution in [0.4, 0.5) is 0 Å². The van der Waals surface area contributed by atoms with E-state index in [1.807, 2.05) is 0 Å². The van der Waals surface area contributed by atoms with Crippen LogP contribution in [0.2, 0.25) is 0 Å². The minimum Gasteiger partial charge on any atom is -0.381 e. The predicted octanol–water partition coefficient (Wildman–Crippen LogP) is 3.22. The molecule has 96 valence electrons. The van der Waals surface area contributed by atoms with Gasteiger partial charge in [0.25, 0.3) is 0 Å². The second kappa shape index (κ2) is 6.61. The first kappa shape index (κ1) is 14.0. The molecular weight excluding hydrogens is 198 g/mol. The molecule has 1 atom stereocenters. The topological polar surface area (TPSA) is 21.3 Å². The lowest BCUT2D eigenvalue weighted by molar-refractivity contribution is 0.0490. The van der Waals surface area contributed by atoms with Crippen molar-refractivity contribution in [2.75, 3.05) is 19.8 Å². The summed E-state index contributed by atoms with van der Waals surface area (Å²) in [5.74, 6) is 0.887. The van der Waals surface area contributed by atoms with Crippen LogP contribution < -0.4 is 5.32 Å². The zero-order valence-corrected chi connectivity index (χ0v) is 11.5. The fourth-order valence-corrected chi connectivity index (χ4v) is 3.06. The summed E-state index contributed by atoms with van der Waals surface area (Å²) >= 11 is 0. The van der Waals surface area contributed by atoms with Gasteiger partial charge in [-0.05, 0) is 50.5 Å². The zero-order valence-electron chi connectivity index (χ0n) is 11.5. The highest BCUT2D eigenvalue weighted by atomic mass is 16.5. The molecule has 1 N–H and O–H groups in total. The van der Waals surface area contributed by atoms with E-state index in [1.165, 1.54) is 25.7 Å². The predicted molar refractivity (Wildman–Crippen MR) is 69.7 cm³/mol. The number of hydrogen-bond donors (Lipinski definition) is 1. The maximum Gasteiger partial charge on any atom is 0.0468 e. The molecule has 1 aliphatic rings. The molecule has 0 radical (unpaired) electrons. The van der Waals surface area contributed by atoms with E-state index in [4.69, 9.17) is 4.74 Å².